The smallest absolute Gasteiger partial charge is 0.322 e. The van der Waals surface area contributed by atoms with E-state index in [9.17, 15) is 9.59 Å². The van der Waals surface area contributed by atoms with Crippen LogP contribution >= 0.6 is 11.8 Å². The summed E-state index contributed by atoms with van der Waals surface area (Å²) in [6.45, 7) is 2.63. The molecular formula is C21H19N3O4S. The predicted molar refractivity (Wildman–Crippen MR) is 107 cm³/mol. The zero-order valence-corrected chi connectivity index (χ0v) is 16.5. The van der Waals surface area contributed by atoms with Gasteiger partial charge >= 0.3 is 6.03 Å². The maximum atomic E-state index is 11.9. The van der Waals surface area contributed by atoms with Crippen LogP contribution in [0.3, 0.4) is 0 Å². The molecule has 1 fully saturated rings. The number of imide groups is 1. The van der Waals surface area contributed by atoms with Gasteiger partial charge in [0.05, 0.1) is 0 Å². The molecule has 2 N–H and O–H groups in total. The van der Waals surface area contributed by atoms with Gasteiger partial charge in [-0.25, -0.2) is 9.78 Å². The minimum Gasteiger partial charge on any atom is -0.489 e. The van der Waals surface area contributed by atoms with Gasteiger partial charge in [-0.2, -0.15) is 0 Å². The van der Waals surface area contributed by atoms with Gasteiger partial charge < -0.3 is 14.5 Å². The van der Waals surface area contributed by atoms with Gasteiger partial charge in [0, 0.05) is 4.90 Å². The average molecular weight is 409 g/mol. The average Bonchev–Trinajstić information content (AvgIpc) is 3.32. The number of urea groups is 1. The van der Waals surface area contributed by atoms with Crippen molar-refractivity contribution >= 4 is 23.7 Å². The predicted octanol–water partition coefficient (Wildman–Crippen LogP) is 3.85. The lowest BCUT2D eigenvalue weighted by Crippen LogP contribution is -2.22. The van der Waals surface area contributed by atoms with Crippen LogP contribution in [0, 0.1) is 0 Å². The first-order chi connectivity index (χ1) is 14.1. The second-order valence-corrected chi connectivity index (χ2v) is 7.50. The second-order valence-electron chi connectivity index (χ2n) is 6.46. The Kier molecular flexibility index (Phi) is 5.53. The molecule has 1 atom stereocenters. The van der Waals surface area contributed by atoms with Gasteiger partial charge in [-0.05, 0) is 53.6 Å². The Morgan fingerprint density at radius 1 is 1.14 bits per heavy atom. The van der Waals surface area contributed by atoms with Gasteiger partial charge in [-0.1, -0.05) is 31.2 Å². The Morgan fingerprint density at radius 3 is 2.66 bits per heavy atom. The molecule has 1 aliphatic rings. The van der Waals surface area contributed by atoms with E-state index in [-0.39, 0.29) is 0 Å². The van der Waals surface area contributed by atoms with E-state index in [1.165, 1.54) is 23.7 Å². The summed E-state index contributed by atoms with van der Waals surface area (Å²) in [6, 6.07) is 14.5. The number of hydrogen-bond acceptors (Lipinski definition) is 6. The molecule has 1 saturated heterocycles. The first-order valence-electron chi connectivity index (χ1n) is 9.15. The maximum absolute atomic E-state index is 11.9. The third-order valence-electron chi connectivity index (χ3n) is 4.45. The van der Waals surface area contributed by atoms with Crippen LogP contribution < -0.4 is 15.4 Å². The molecule has 148 valence electrons. The highest BCUT2D eigenvalue weighted by Gasteiger charge is 2.35. The van der Waals surface area contributed by atoms with Crippen LogP contribution in [-0.4, -0.2) is 16.9 Å². The minimum atomic E-state index is -0.842. The zero-order chi connectivity index (χ0) is 20.2. The molecule has 0 radical (unpaired) electrons. The maximum Gasteiger partial charge on any atom is 0.322 e. The van der Waals surface area contributed by atoms with Crippen LogP contribution in [0.2, 0.25) is 0 Å². The van der Waals surface area contributed by atoms with E-state index in [4.69, 9.17) is 9.15 Å². The summed E-state index contributed by atoms with van der Waals surface area (Å²) in [6.07, 6.45) is 2.26. The Balaban J connectivity index is 1.40. The number of nitrogens with one attached hydrogen (secondary N) is 2. The molecule has 3 aromatic rings. The van der Waals surface area contributed by atoms with Crippen LogP contribution in [0.15, 0.2) is 69.3 Å². The second kappa shape index (κ2) is 8.40. The largest absolute Gasteiger partial charge is 0.489 e. The molecule has 2 aromatic carbocycles. The summed E-state index contributed by atoms with van der Waals surface area (Å²) in [7, 11) is 0. The molecule has 1 unspecified atom stereocenters. The van der Waals surface area contributed by atoms with E-state index in [1.54, 1.807) is 0 Å². The van der Waals surface area contributed by atoms with Crippen LogP contribution in [0.25, 0.3) is 0 Å². The molecule has 7 nitrogen and oxygen atoms in total. The summed E-state index contributed by atoms with van der Waals surface area (Å²) < 4.78 is 11.3. The molecule has 0 aliphatic carbocycles. The van der Waals surface area contributed by atoms with Gasteiger partial charge in [0.1, 0.15) is 18.1 Å². The van der Waals surface area contributed by atoms with Gasteiger partial charge in [-0.3, -0.25) is 10.1 Å². The van der Waals surface area contributed by atoms with Crippen molar-refractivity contribution in [3.63, 3.8) is 0 Å². The van der Waals surface area contributed by atoms with E-state index in [0.717, 1.165) is 22.6 Å². The number of carbonyl (C=O) groups excluding carboxylic acids is 2. The van der Waals surface area contributed by atoms with Crippen molar-refractivity contribution in [1.82, 2.24) is 15.6 Å². The van der Waals surface area contributed by atoms with E-state index in [2.05, 4.69) is 34.7 Å². The zero-order valence-electron chi connectivity index (χ0n) is 15.7. The van der Waals surface area contributed by atoms with Crippen molar-refractivity contribution in [3.8, 4) is 5.75 Å². The quantitative estimate of drug-likeness (QED) is 0.576. The standard InChI is InChI=1S/C21H19N3O4S/c1-2-13-4-3-5-14(10-13)11-27-15-6-8-16(9-7-15)29-20-18(22-12-28-20)17-19(25)24-21(26)23-17/h3-10,12,17H,2,11H2,1H3,(H2,23,24,25,26). The van der Waals surface area contributed by atoms with Crippen molar-refractivity contribution in [3.05, 3.63) is 71.7 Å². The number of ether oxygens (including phenoxy) is 1. The van der Waals surface area contributed by atoms with Crippen molar-refractivity contribution in [2.24, 2.45) is 0 Å². The number of rotatable bonds is 7. The number of carbonyl (C=O) groups is 2. The number of hydrogen-bond donors (Lipinski definition) is 2. The van der Waals surface area contributed by atoms with Crippen LogP contribution in [0.4, 0.5) is 4.79 Å². The van der Waals surface area contributed by atoms with E-state index in [0.29, 0.717) is 17.4 Å². The summed E-state index contributed by atoms with van der Waals surface area (Å²) in [5.41, 5.74) is 2.80. The first-order valence-corrected chi connectivity index (χ1v) is 9.97. The molecule has 4 rings (SSSR count). The SMILES string of the molecule is CCc1cccc(COc2ccc(Sc3ocnc3C3NC(=O)NC3=O)cc2)c1. The molecular weight excluding hydrogens is 390 g/mol. The Hall–Kier alpha value is -3.26. The number of amides is 3. The summed E-state index contributed by atoms with van der Waals surface area (Å²) in [4.78, 5) is 28.2. The molecule has 2 heterocycles. The fourth-order valence-corrected chi connectivity index (χ4v) is 3.79. The highest BCUT2D eigenvalue weighted by atomic mass is 32.2. The van der Waals surface area contributed by atoms with E-state index in [1.807, 2.05) is 36.4 Å². The van der Waals surface area contributed by atoms with Crippen molar-refractivity contribution in [2.45, 2.75) is 36.0 Å². The van der Waals surface area contributed by atoms with Crippen LogP contribution in [-0.2, 0) is 17.8 Å². The third-order valence-corrected chi connectivity index (χ3v) is 5.45. The van der Waals surface area contributed by atoms with Crippen molar-refractivity contribution in [1.29, 1.82) is 0 Å². The number of aryl methyl sites for hydroxylation is 1. The number of oxazole rings is 1. The molecule has 0 spiro atoms. The minimum absolute atomic E-state index is 0.384. The molecule has 29 heavy (non-hydrogen) atoms. The van der Waals surface area contributed by atoms with E-state index >= 15 is 0 Å². The van der Waals surface area contributed by atoms with Gasteiger partial charge in [-0.15, -0.1) is 0 Å². The summed E-state index contributed by atoms with van der Waals surface area (Å²) >= 11 is 1.32. The molecule has 1 aromatic heterocycles. The molecule has 1 aliphatic heterocycles. The fourth-order valence-electron chi connectivity index (χ4n) is 2.94. The highest BCUT2D eigenvalue weighted by Crippen LogP contribution is 2.34. The summed E-state index contributed by atoms with van der Waals surface area (Å²) in [5.74, 6) is 0.318. The van der Waals surface area contributed by atoms with Crippen molar-refractivity contribution in [2.75, 3.05) is 0 Å². The van der Waals surface area contributed by atoms with Gasteiger partial charge in [0.25, 0.3) is 5.91 Å². The molecule has 0 saturated carbocycles. The monoisotopic (exact) mass is 409 g/mol. The number of nitrogens with zero attached hydrogens (tertiary/aromatic N) is 1. The van der Waals surface area contributed by atoms with Gasteiger partial charge in [0.2, 0.25) is 0 Å². The lowest BCUT2D eigenvalue weighted by atomic mass is 10.1. The lowest BCUT2D eigenvalue weighted by Gasteiger charge is -2.09. The Morgan fingerprint density at radius 2 is 1.93 bits per heavy atom. The number of benzene rings is 2. The first kappa shape index (κ1) is 19.1. The normalized spacial score (nSPS) is 15.8. The van der Waals surface area contributed by atoms with Crippen molar-refractivity contribution < 1.29 is 18.7 Å². The highest BCUT2D eigenvalue weighted by molar-refractivity contribution is 7.99. The topological polar surface area (TPSA) is 93.5 Å². The lowest BCUT2D eigenvalue weighted by molar-refractivity contribution is -0.120. The van der Waals surface area contributed by atoms with Crippen LogP contribution in [0.1, 0.15) is 29.8 Å². The Labute approximate surface area is 171 Å². The molecule has 3 amide bonds. The Bertz CT molecular complexity index is 1030. The van der Waals surface area contributed by atoms with Gasteiger partial charge in [0.15, 0.2) is 17.5 Å². The third kappa shape index (κ3) is 4.43. The van der Waals surface area contributed by atoms with Crippen LogP contribution in [0.5, 0.6) is 5.75 Å². The fraction of sp³-hybridized carbons (Fsp3) is 0.190. The van der Waals surface area contributed by atoms with E-state index < -0.39 is 18.0 Å². The summed E-state index contributed by atoms with van der Waals surface area (Å²) in [5, 5.41) is 5.17. The number of aromatic nitrogens is 1. The molecule has 0 bridgehead atoms. The molecule has 8 heteroatoms.